The van der Waals surface area contributed by atoms with E-state index in [2.05, 4.69) is 4.74 Å². The zero-order valence-electron chi connectivity index (χ0n) is 7.50. The maximum absolute atomic E-state index is 13.3. The second-order valence-corrected chi connectivity index (χ2v) is 3.50. The van der Waals surface area contributed by atoms with E-state index in [4.69, 9.17) is 0 Å². The second kappa shape index (κ2) is 4.63. The minimum Gasteiger partial charge on any atom is -0.770 e. The van der Waals surface area contributed by atoms with Crippen molar-refractivity contribution >= 4 is 11.1 Å². The first-order chi connectivity index (χ1) is 6.99. The Labute approximate surface area is 86.1 Å². The first kappa shape index (κ1) is 12.0. The van der Waals surface area contributed by atoms with Gasteiger partial charge < -0.3 is 9.29 Å². The average Bonchev–Trinajstić information content (AvgIpc) is 2.17. The molecule has 0 aliphatic rings. The Balaban J connectivity index is 3.27. The predicted molar refractivity (Wildman–Crippen MR) is 45.7 cm³/mol. The largest absolute Gasteiger partial charge is 0.770 e. The number of halogens is 3. The molecule has 2 unspecified atom stereocenters. The molecule has 0 aromatic heterocycles. The van der Waals surface area contributed by atoms with E-state index in [9.17, 15) is 21.9 Å². The normalized spacial score (nSPS) is 14.7. The Hall–Kier alpha value is -1.08. The number of hydrogen-bond donors (Lipinski definition) is 0. The minimum absolute atomic E-state index is 0.716. The molecule has 0 aliphatic heterocycles. The van der Waals surface area contributed by atoms with Crippen LogP contribution in [0.5, 0.6) is 5.75 Å². The van der Waals surface area contributed by atoms with Crippen molar-refractivity contribution in [2.75, 3.05) is 7.11 Å². The van der Waals surface area contributed by atoms with Crippen LogP contribution in [0.4, 0.5) is 13.2 Å². The molecule has 1 aromatic rings. The van der Waals surface area contributed by atoms with E-state index in [1.54, 1.807) is 0 Å². The van der Waals surface area contributed by atoms with E-state index in [-0.39, 0.29) is 0 Å². The van der Waals surface area contributed by atoms with Gasteiger partial charge in [0.05, 0.1) is 7.11 Å². The van der Waals surface area contributed by atoms with E-state index < -0.39 is 39.5 Å². The van der Waals surface area contributed by atoms with Crippen molar-refractivity contribution in [3.05, 3.63) is 29.3 Å². The number of alkyl halides is 1. The Morgan fingerprint density at radius 3 is 2.53 bits per heavy atom. The Bertz CT molecular complexity index is 397. The lowest BCUT2D eigenvalue weighted by Gasteiger charge is -2.14. The number of ether oxygens (including phenoxy) is 1. The third-order valence-electron chi connectivity index (χ3n) is 1.70. The minimum atomic E-state index is -3.12. The van der Waals surface area contributed by atoms with Crippen LogP contribution < -0.4 is 4.74 Å². The molecule has 0 aliphatic carbocycles. The van der Waals surface area contributed by atoms with E-state index in [0.717, 1.165) is 13.2 Å². The lowest BCUT2D eigenvalue weighted by molar-refractivity contribution is 0.347. The third-order valence-corrected chi connectivity index (χ3v) is 2.29. The first-order valence-electron chi connectivity index (χ1n) is 3.73. The van der Waals surface area contributed by atoms with Crippen molar-refractivity contribution in [2.24, 2.45) is 0 Å². The molecule has 3 nitrogen and oxygen atoms in total. The van der Waals surface area contributed by atoms with Gasteiger partial charge in [-0.05, 0) is 23.2 Å². The molecule has 0 spiro atoms. The lowest BCUT2D eigenvalue weighted by atomic mass is 10.2. The quantitative estimate of drug-likeness (QED) is 0.756. The number of benzene rings is 1. The smallest absolute Gasteiger partial charge is 0.190 e. The molecule has 0 heterocycles. The van der Waals surface area contributed by atoms with Crippen molar-refractivity contribution in [3.8, 4) is 5.75 Å². The van der Waals surface area contributed by atoms with Gasteiger partial charge in [-0.25, -0.2) is 13.2 Å². The molecule has 0 fully saturated rings. The lowest BCUT2D eigenvalue weighted by Crippen LogP contribution is -2.05. The van der Waals surface area contributed by atoms with Crippen LogP contribution in [0.15, 0.2) is 12.1 Å². The Morgan fingerprint density at radius 2 is 2.07 bits per heavy atom. The summed E-state index contributed by atoms with van der Waals surface area (Å²) >= 11 is -3.12. The summed E-state index contributed by atoms with van der Waals surface area (Å²) < 4.78 is 63.9. The van der Waals surface area contributed by atoms with Crippen LogP contribution in [0, 0.1) is 11.6 Å². The summed E-state index contributed by atoms with van der Waals surface area (Å²) in [5.41, 5.74) is -3.32. The van der Waals surface area contributed by atoms with Crippen LogP contribution in [-0.4, -0.2) is 15.9 Å². The third kappa shape index (κ3) is 2.29. The van der Waals surface area contributed by atoms with Gasteiger partial charge in [0, 0.05) is 5.56 Å². The molecule has 1 rings (SSSR count). The van der Waals surface area contributed by atoms with Crippen LogP contribution in [-0.2, 0) is 11.1 Å². The van der Waals surface area contributed by atoms with Gasteiger partial charge in [0.2, 0.25) is 0 Å². The number of hydrogen-bond acceptors (Lipinski definition) is 3. The highest BCUT2D eigenvalue weighted by Gasteiger charge is 2.21. The summed E-state index contributed by atoms with van der Waals surface area (Å²) in [5, 5.41) is 0. The highest BCUT2D eigenvalue weighted by atomic mass is 32.2. The van der Waals surface area contributed by atoms with Gasteiger partial charge in [-0.15, -0.1) is 0 Å². The standard InChI is InChI=1S/C8H7F3O3S/c1-14-7-5(9)3-2-4(6(7)10)8(11)15(12)13/h2-3,8H,1H3,(H,12,13)/p-1. The summed E-state index contributed by atoms with van der Waals surface area (Å²) in [7, 11) is 0.993. The number of methoxy groups -OCH3 is 1. The maximum Gasteiger partial charge on any atom is 0.190 e. The van der Waals surface area contributed by atoms with Crippen LogP contribution in [0.3, 0.4) is 0 Å². The second-order valence-electron chi connectivity index (χ2n) is 2.56. The molecule has 0 bridgehead atoms. The molecule has 84 valence electrons. The fraction of sp³-hybridized carbons (Fsp3) is 0.250. The van der Waals surface area contributed by atoms with E-state index in [1.807, 2.05) is 0 Å². The van der Waals surface area contributed by atoms with Crippen LogP contribution >= 0.6 is 0 Å². The van der Waals surface area contributed by atoms with Gasteiger partial charge in [-0.1, -0.05) is 0 Å². The monoisotopic (exact) mass is 239 g/mol. The molecular formula is C8H6F3O3S-. The van der Waals surface area contributed by atoms with E-state index >= 15 is 0 Å². The van der Waals surface area contributed by atoms with E-state index in [1.165, 1.54) is 0 Å². The molecule has 0 saturated heterocycles. The average molecular weight is 239 g/mol. The highest BCUT2D eigenvalue weighted by Crippen LogP contribution is 2.30. The predicted octanol–water partition coefficient (Wildman–Crippen LogP) is 1.82. The summed E-state index contributed by atoms with van der Waals surface area (Å²) in [6, 6.07) is 1.45. The SMILES string of the molecule is COc1c(F)ccc(C(F)S(=O)[O-])c1F. The van der Waals surface area contributed by atoms with E-state index in [0.29, 0.717) is 6.07 Å². The van der Waals surface area contributed by atoms with Crippen LogP contribution in [0.1, 0.15) is 11.1 Å². The molecule has 7 heteroatoms. The highest BCUT2D eigenvalue weighted by molar-refractivity contribution is 7.79. The fourth-order valence-corrected chi connectivity index (χ4v) is 1.40. The molecule has 0 amide bonds. The van der Waals surface area contributed by atoms with Gasteiger partial charge in [0.1, 0.15) is 0 Å². The zero-order valence-corrected chi connectivity index (χ0v) is 8.32. The molecule has 2 atom stereocenters. The van der Waals surface area contributed by atoms with Gasteiger partial charge in [-0.2, -0.15) is 0 Å². The van der Waals surface area contributed by atoms with Gasteiger partial charge in [0.15, 0.2) is 22.9 Å². The molecule has 0 N–H and O–H groups in total. The maximum atomic E-state index is 13.3. The van der Waals surface area contributed by atoms with Crippen molar-refractivity contribution in [2.45, 2.75) is 5.50 Å². The fourth-order valence-electron chi connectivity index (χ4n) is 1.01. The van der Waals surface area contributed by atoms with Crippen molar-refractivity contribution in [1.29, 1.82) is 0 Å². The van der Waals surface area contributed by atoms with Crippen molar-refractivity contribution in [1.82, 2.24) is 0 Å². The Morgan fingerprint density at radius 1 is 1.47 bits per heavy atom. The van der Waals surface area contributed by atoms with Gasteiger partial charge >= 0.3 is 0 Å². The Kier molecular flexibility index (Phi) is 3.70. The van der Waals surface area contributed by atoms with Crippen molar-refractivity contribution in [3.63, 3.8) is 0 Å². The van der Waals surface area contributed by atoms with Crippen LogP contribution in [0.25, 0.3) is 0 Å². The molecule has 0 saturated carbocycles. The molecule has 15 heavy (non-hydrogen) atoms. The zero-order chi connectivity index (χ0) is 11.6. The molecular weight excluding hydrogens is 233 g/mol. The first-order valence-corrected chi connectivity index (χ1v) is 4.87. The van der Waals surface area contributed by atoms with Gasteiger partial charge in [-0.3, -0.25) is 4.21 Å². The molecule has 0 radical (unpaired) electrons. The summed E-state index contributed by atoms with van der Waals surface area (Å²) in [6.07, 6.45) is 0. The topological polar surface area (TPSA) is 49.4 Å². The summed E-state index contributed by atoms with van der Waals surface area (Å²) in [4.78, 5) is 0. The van der Waals surface area contributed by atoms with Crippen LogP contribution in [0.2, 0.25) is 0 Å². The van der Waals surface area contributed by atoms with Crippen molar-refractivity contribution < 1.29 is 26.7 Å². The number of rotatable bonds is 3. The molecule has 1 aromatic carbocycles. The summed E-state index contributed by atoms with van der Waals surface area (Å²) in [5.74, 6) is -3.18. The van der Waals surface area contributed by atoms with Gasteiger partial charge in [0.25, 0.3) is 0 Å². The summed E-state index contributed by atoms with van der Waals surface area (Å²) in [6.45, 7) is 0.